The number of rotatable bonds is 1. The fourth-order valence-corrected chi connectivity index (χ4v) is 2.15. The molecular weight excluding hydrogens is 228 g/mol. The second-order valence-corrected chi connectivity index (χ2v) is 4.34. The summed E-state index contributed by atoms with van der Waals surface area (Å²) in [4.78, 5) is 12.1. The Bertz CT molecular complexity index is 590. The molecule has 3 rings (SSSR count). The summed E-state index contributed by atoms with van der Waals surface area (Å²) < 4.78 is 5.70. The van der Waals surface area contributed by atoms with E-state index in [1.54, 1.807) is 18.2 Å². The van der Waals surface area contributed by atoms with Gasteiger partial charge >= 0.3 is 0 Å². The second kappa shape index (κ2) is 4.18. The van der Waals surface area contributed by atoms with Crippen LogP contribution in [-0.2, 0) is 11.2 Å². The zero-order valence-electron chi connectivity index (χ0n) is 9.67. The summed E-state index contributed by atoms with van der Waals surface area (Å²) in [6.45, 7) is 0. The van der Waals surface area contributed by atoms with Crippen LogP contribution in [0.2, 0.25) is 0 Å². The molecule has 3 nitrogen and oxygen atoms in total. The van der Waals surface area contributed by atoms with Gasteiger partial charge in [-0.1, -0.05) is 36.4 Å². The number of hydrogen-bond donors (Lipinski definition) is 1. The molecule has 0 aromatic heterocycles. The largest absolute Gasteiger partial charge is 0.508 e. The molecule has 1 atom stereocenters. The van der Waals surface area contributed by atoms with E-state index in [4.69, 9.17) is 4.74 Å². The summed E-state index contributed by atoms with van der Waals surface area (Å²) in [6, 6.07) is 14.2. The molecule has 0 saturated heterocycles. The van der Waals surface area contributed by atoms with Crippen molar-refractivity contribution in [1.82, 2.24) is 0 Å². The molecule has 2 aromatic rings. The van der Waals surface area contributed by atoms with Crippen LogP contribution in [0.1, 0.15) is 17.2 Å². The lowest BCUT2D eigenvalue weighted by Crippen LogP contribution is -2.25. The maximum absolute atomic E-state index is 12.1. The number of aromatic hydroxyl groups is 1. The van der Waals surface area contributed by atoms with Gasteiger partial charge in [0, 0.05) is 18.1 Å². The van der Waals surface area contributed by atoms with Gasteiger partial charge in [0.25, 0.3) is 0 Å². The van der Waals surface area contributed by atoms with E-state index in [0.29, 0.717) is 12.2 Å². The molecule has 1 aliphatic heterocycles. The van der Waals surface area contributed by atoms with E-state index < -0.39 is 6.10 Å². The summed E-state index contributed by atoms with van der Waals surface area (Å²) >= 11 is 0. The SMILES string of the molecule is O=C1Cc2ccc(O)cc2O[C@H]1c1ccccc1. The number of phenolic OH excluding ortho intramolecular Hbond substituents is 1. The van der Waals surface area contributed by atoms with Gasteiger partial charge in [0.2, 0.25) is 0 Å². The van der Waals surface area contributed by atoms with Gasteiger partial charge in [-0.15, -0.1) is 0 Å². The van der Waals surface area contributed by atoms with E-state index >= 15 is 0 Å². The highest BCUT2D eigenvalue weighted by Crippen LogP contribution is 2.34. The molecule has 0 radical (unpaired) electrons. The van der Waals surface area contributed by atoms with Crippen molar-refractivity contribution >= 4 is 5.78 Å². The van der Waals surface area contributed by atoms with E-state index in [0.717, 1.165) is 11.1 Å². The summed E-state index contributed by atoms with van der Waals surface area (Å²) in [7, 11) is 0. The molecule has 0 saturated carbocycles. The normalized spacial score (nSPS) is 18.0. The Morgan fingerprint density at radius 2 is 1.89 bits per heavy atom. The highest BCUT2D eigenvalue weighted by atomic mass is 16.5. The molecule has 3 heteroatoms. The molecule has 0 fully saturated rings. The Balaban J connectivity index is 1.99. The number of Topliss-reactive ketones (excluding diaryl/α,β-unsaturated/α-hetero) is 1. The van der Waals surface area contributed by atoms with Gasteiger partial charge in [0.05, 0.1) is 0 Å². The molecule has 0 spiro atoms. The van der Waals surface area contributed by atoms with Crippen LogP contribution in [0.4, 0.5) is 0 Å². The minimum Gasteiger partial charge on any atom is -0.508 e. The van der Waals surface area contributed by atoms with Crippen LogP contribution in [0.3, 0.4) is 0 Å². The molecule has 0 amide bonds. The lowest BCUT2D eigenvalue weighted by atomic mass is 9.96. The summed E-state index contributed by atoms with van der Waals surface area (Å²) in [5, 5.41) is 9.45. The monoisotopic (exact) mass is 240 g/mol. The van der Waals surface area contributed by atoms with Crippen LogP contribution in [0.5, 0.6) is 11.5 Å². The number of fused-ring (bicyclic) bond motifs is 1. The van der Waals surface area contributed by atoms with Gasteiger partial charge in [0.15, 0.2) is 11.9 Å². The Hall–Kier alpha value is -2.29. The van der Waals surface area contributed by atoms with E-state index in [1.807, 2.05) is 30.3 Å². The first-order valence-corrected chi connectivity index (χ1v) is 5.80. The third-order valence-electron chi connectivity index (χ3n) is 3.06. The van der Waals surface area contributed by atoms with Gasteiger partial charge in [-0.2, -0.15) is 0 Å². The van der Waals surface area contributed by atoms with Crippen molar-refractivity contribution in [2.45, 2.75) is 12.5 Å². The van der Waals surface area contributed by atoms with E-state index in [-0.39, 0.29) is 11.5 Å². The molecular formula is C15H12O3. The van der Waals surface area contributed by atoms with E-state index in [1.165, 1.54) is 0 Å². The Kier molecular flexibility index (Phi) is 2.52. The van der Waals surface area contributed by atoms with E-state index in [9.17, 15) is 9.90 Å². The first-order valence-electron chi connectivity index (χ1n) is 5.80. The molecule has 1 heterocycles. The van der Waals surface area contributed by atoms with Crippen molar-refractivity contribution in [2.24, 2.45) is 0 Å². The Morgan fingerprint density at radius 3 is 2.67 bits per heavy atom. The second-order valence-electron chi connectivity index (χ2n) is 4.34. The van der Waals surface area contributed by atoms with Crippen LogP contribution in [0.15, 0.2) is 48.5 Å². The number of benzene rings is 2. The molecule has 1 N–H and O–H groups in total. The van der Waals surface area contributed by atoms with Crippen molar-refractivity contribution < 1.29 is 14.6 Å². The van der Waals surface area contributed by atoms with Crippen molar-refractivity contribution in [3.63, 3.8) is 0 Å². The number of carbonyl (C=O) groups is 1. The summed E-state index contributed by atoms with van der Waals surface area (Å²) in [5.74, 6) is 0.776. The van der Waals surface area contributed by atoms with Crippen molar-refractivity contribution in [3.8, 4) is 11.5 Å². The van der Waals surface area contributed by atoms with E-state index in [2.05, 4.69) is 0 Å². The van der Waals surface area contributed by atoms with Crippen LogP contribution in [0.25, 0.3) is 0 Å². The van der Waals surface area contributed by atoms with Crippen LogP contribution in [0, 0.1) is 0 Å². The van der Waals surface area contributed by atoms with Crippen LogP contribution >= 0.6 is 0 Å². The predicted octanol–water partition coefficient (Wildman–Crippen LogP) is 2.64. The number of ether oxygens (including phenoxy) is 1. The van der Waals surface area contributed by atoms with Gasteiger partial charge < -0.3 is 9.84 Å². The minimum absolute atomic E-state index is 0.0411. The minimum atomic E-state index is -0.569. The molecule has 18 heavy (non-hydrogen) atoms. The number of phenols is 1. The number of carbonyl (C=O) groups excluding carboxylic acids is 1. The van der Waals surface area contributed by atoms with Crippen molar-refractivity contribution in [2.75, 3.05) is 0 Å². The number of ketones is 1. The highest BCUT2D eigenvalue weighted by Gasteiger charge is 2.29. The zero-order valence-corrected chi connectivity index (χ0v) is 9.67. The maximum Gasteiger partial charge on any atom is 0.182 e. The van der Waals surface area contributed by atoms with Crippen LogP contribution in [-0.4, -0.2) is 10.9 Å². The smallest absolute Gasteiger partial charge is 0.182 e. The molecule has 0 unspecified atom stereocenters. The molecule has 0 aliphatic carbocycles. The average Bonchev–Trinajstić information content (AvgIpc) is 2.39. The molecule has 0 bridgehead atoms. The third kappa shape index (κ3) is 1.84. The van der Waals surface area contributed by atoms with Gasteiger partial charge in [-0.05, 0) is 11.6 Å². The Morgan fingerprint density at radius 1 is 1.11 bits per heavy atom. The van der Waals surface area contributed by atoms with Gasteiger partial charge in [-0.25, -0.2) is 0 Å². The molecule has 1 aliphatic rings. The summed E-state index contributed by atoms with van der Waals surface area (Å²) in [5.41, 5.74) is 1.67. The lowest BCUT2D eigenvalue weighted by Gasteiger charge is -2.25. The maximum atomic E-state index is 12.1. The molecule has 90 valence electrons. The number of hydrogen-bond acceptors (Lipinski definition) is 3. The van der Waals surface area contributed by atoms with Crippen molar-refractivity contribution in [1.29, 1.82) is 0 Å². The first-order chi connectivity index (χ1) is 8.74. The van der Waals surface area contributed by atoms with Gasteiger partial charge in [0.1, 0.15) is 11.5 Å². The fraction of sp³-hybridized carbons (Fsp3) is 0.133. The zero-order chi connectivity index (χ0) is 12.5. The first kappa shape index (κ1) is 10.8. The lowest BCUT2D eigenvalue weighted by molar-refractivity contribution is -0.126. The van der Waals surface area contributed by atoms with Gasteiger partial charge in [-0.3, -0.25) is 4.79 Å². The highest BCUT2D eigenvalue weighted by molar-refractivity contribution is 5.88. The molecule has 2 aromatic carbocycles. The van der Waals surface area contributed by atoms with Crippen LogP contribution < -0.4 is 4.74 Å². The third-order valence-corrected chi connectivity index (χ3v) is 3.06. The Labute approximate surface area is 105 Å². The standard InChI is InChI=1S/C15H12O3/c16-12-7-6-11-8-13(17)15(18-14(11)9-12)10-4-2-1-3-5-10/h1-7,9,15-16H,8H2/t15-/m0/s1. The summed E-state index contributed by atoms with van der Waals surface area (Å²) in [6.07, 6.45) is -0.227. The van der Waals surface area contributed by atoms with Crippen molar-refractivity contribution in [3.05, 3.63) is 59.7 Å². The fourth-order valence-electron chi connectivity index (χ4n) is 2.15. The topological polar surface area (TPSA) is 46.5 Å². The predicted molar refractivity (Wildman–Crippen MR) is 66.6 cm³/mol. The average molecular weight is 240 g/mol. The quantitative estimate of drug-likeness (QED) is 0.833.